The number of benzene rings is 1. The highest BCUT2D eigenvalue weighted by molar-refractivity contribution is 5.75. The van der Waals surface area contributed by atoms with Gasteiger partial charge < -0.3 is 16.0 Å². The predicted octanol–water partition coefficient (Wildman–Crippen LogP) is 4.84. The van der Waals surface area contributed by atoms with E-state index >= 15 is 0 Å². The zero-order valence-corrected chi connectivity index (χ0v) is 19.1. The Hall–Kier alpha value is -3.13. The molecule has 0 saturated carbocycles. The number of fused-ring (bicyclic) bond motifs is 1. The van der Waals surface area contributed by atoms with Crippen molar-refractivity contribution in [1.29, 1.82) is 0 Å². The van der Waals surface area contributed by atoms with Crippen LogP contribution in [0.15, 0.2) is 36.5 Å². The van der Waals surface area contributed by atoms with Crippen molar-refractivity contribution in [3.05, 3.63) is 70.9 Å². The molecule has 0 bridgehead atoms. The van der Waals surface area contributed by atoms with E-state index in [1.165, 1.54) is 23.8 Å². The molecule has 178 valence electrons. The normalized spacial score (nSPS) is 19.9. The molecule has 5 nitrogen and oxygen atoms in total. The Labute approximate surface area is 197 Å². The third-order valence-electron chi connectivity index (χ3n) is 6.65. The Kier molecular flexibility index (Phi) is 6.16. The van der Waals surface area contributed by atoms with Gasteiger partial charge in [-0.2, -0.15) is 0 Å². The summed E-state index contributed by atoms with van der Waals surface area (Å²) in [6, 6.07) is 6.25. The van der Waals surface area contributed by atoms with E-state index in [9.17, 15) is 13.2 Å². The van der Waals surface area contributed by atoms with Crippen LogP contribution in [0.5, 0.6) is 0 Å². The van der Waals surface area contributed by atoms with E-state index < -0.39 is 23.0 Å². The maximum absolute atomic E-state index is 14.5. The van der Waals surface area contributed by atoms with Gasteiger partial charge in [-0.1, -0.05) is 13.0 Å². The summed E-state index contributed by atoms with van der Waals surface area (Å²) >= 11 is 0. The highest BCUT2D eigenvalue weighted by atomic mass is 19.1. The summed E-state index contributed by atoms with van der Waals surface area (Å²) in [5.74, 6) is -1.99. The van der Waals surface area contributed by atoms with Gasteiger partial charge in [0, 0.05) is 24.8 Å². The molecule has 1 aliphatic carbocycles. The molecule has 1 aliphatic heterocycles. The zero-order chi connectivity index (χ0) is 23.8. The molecule has 34 heavy (non-hydrogen) atoms. The summed E-state index contributed by atoms with van der Waals surface area (Å²) in [6.07, 6.45) is 5.85. The lowest BCUT2D eigenvalue weighted by Gasteiger charge is -2.38. The lowest BCUT2D eigenvalue weighted by Crippen LogP contribution is -2.47. The smallest absolute Gasteiger partial charge is 0.149 e. The Morgan fingerprint density at radius 2 is 1.85 bits per heavy atom. The summed E-state index contributed by atoms with van der Waals surface area (Å²) in [5, 5.41) is 3.40. The van der Waals surface area contributed by atoms with Gasteiger partial charge in [0.2, 0.25) is 0 Å². The molecule has 1 aromatic carbocycles. The van der Waals surface area contributed by atoms with Crippen molar-refractivity contribution in [2.45, 2.75) is 45.2 Å². The first-order valence-corrected chi connectivity index (χ1v) is 11.8. The molecule has 3 N–H and O–H groups in total. The van der Waals surface area contributed by atoms with Crippen LogP contribution in [0.25, 0.3) is 11.3 Å². The lowest BCUT2D eigenvalue weighted by atomic mass is 9.95. The van der Waals surface area contributed by atoms with Gasteiger partial charge in [-0.25, -0.2) is 18.2 Å². The monoisotopic (exact) mass is 467 g/mol. The van der Waals surface area contributed by atoms with E-state index in [0.29, 0.717) is 11.6 Å². The molecule has 1 saturated heterocycles. The summed E-state index contributed by atoms with van der Waals surface area (Å²) in [4.78, 5) is 11.3. The average molecular weight is 468 g/mol. The molecule has 2 aliphatic rings. The Morgan fingerprint density at radius 1 is 1.06 bits per heavy atom. The Balaban J connectivity index is 1.45. The number of aromatic nitrogens is 2. The van der Waals surface area contributed by atoms with Crippen LogP contribution in [0.2, 0.25) is 0 Å². The van der Waals surface area contributed by atoms with Gasteiger partial charge in [-0.15, -0.1) is 0 Å². The van der Waals surface area contributed by atoms with Crippen molar-refractivity contribution in [2.75, 3.05) is 23.3 Å². The Bertz CT molecular complexity index is 1190. The van der Waals surface area contributed by atoms with Crippen LogP contribution in [0.4, 0.5) is 24.5 Å². The number of nitrogens with zero attached hydrogens (tertiary/aromatic N) is 3. The van der Waals surface area contributed by atoms with E-state index in [4.69, 9.17) is 5.73 Å². The highest BCUT2D eigenvalue weighted by Gasteiger charge is 2.29. The SMILES string of the molecule is CC1CC(N)CN(c2c(NCc3ccc(F)c(-c4c(F)cccc4F)n3)cnc3c2CCC3)C1. The number of hydrogen-bond donors (Lipinski definition) is 2. The van der Waals surface area contributed by atoms with E-state index in [2.05, 4.69) is 27.1 Å². The summed E-state index contributed by atoms with van der Waals surface area (Å²) in [7, 11) is 0. The van der Waals surface area contributed by atoms with Gasteiger partial charge in [0.05, 0.1) is 35.4 Å². The molecule has 0 radical (unpaired) electrons. The molecular weight excluding hydrogens is 439 g/mol. The van der Waals surface area contributed by atoms with Crippen LogP contribution in [0.1, 0.15) is 36.7 Å². The fraction of sp³-hybridized carbons (Fsp3) is 0.385. The van der Waals surface area contributed by atoms with Crippen LogP contribution in [0, 0.1) is 23.4 Å². The number of hydrogen-bond acceptors (Lipinski definition) is 5. The van der Waals surface area contributed by atoms with E-state index in [1.54, 1.807) is 0 Å². The summed E-state index contributed by atoms with van der Waals surface area (Å²) < 4.78 is 43.0. The minimum absolute atomic E-state index is 0.110. The van der Waals surface area contributed by atoms with Crippen LogP contribution in [-0.2, 0) is 19.4 Å². The molecule has 1 fully saturated rings. The van der Waals surface area contributed by atoms with Gasteiger partial charge in [0.15, 0.2) is 0 Å². The quantitative estimate of drug-likeness (QED) is 0.562. The van der Waals surface area contributed by atoms with Gasteiger partial charge >= 0.3 is 0 Å². The maximum Gasteiger partial charge on any atom is 0.149 e. The molecular formula is C26H28F3N5. The molecule has 0 amide bonds. The molecule has 3 heterocycles. The highest BCUT2D eigenvalue weighted by Crippen LogP contribution is 2.38. The first kappa shape index (κ1) is 22.7. The number of pyridine rings is 2. The van der Waals surface area contributed by atoms with Gasteiger partial charge in [0.25, 0.3) is 0 Å². The van der Waals surface area contributed by atoms with Crippen molar-refractivity contribution < 1.29 is 13.2 Å². The van der Waals surface area contributed by atoms with Crippen molar-refractivity contribution in [3.63, 3.8) is 0 Å². The molecule has 3 aromatic rings. The molecule has 0 spiro atoms. The minimum Gasteiger partial charge on any atom is -0.376 e. The first-order valence-electron chi connectivity index (χ1n) is 11.8. The van der Waals surface area contributed by atoms with Crippen LogP contribution >= 0.6 is 0 Å². The largest absolute Gasteiger partial charge is 0.376 e. The number of nitrogens with one attached hydrogen (secondary N) is 1. The zero-order valence-electron chi connectivity index (χ0n) is 19.1. The number of nitrogens with two attached hydrogens (primary N) is 1. The maximum atomic E-state index is 14.5. The van der Waals surface area contributed by atoms with Crippen LogP contribution < -0.4 is 16.0 Å². The second-order valence-corrected chi connectivity index (χ2v) is 9.39. The first-order chi connectivity index (χ1) is 16.4. The van der Waals surface area contributed by atoms with E-state index in [0.717, 1.165) is 68.0 Å². The number of rotatable bonds is 5. The van der Waals surface area contributed by atoms with Crippen molar-refractivity contribution in [1.82, 2.24) is 9.97 Å². The molecule has 2 aromatic heterocycles. The topological polar surface area (TPSA) is 67.1 Å². The van der Waals surface area contributed by atoms with Crippen molar-refractivity contribution >= 4 is 11.4 Å². The standard InChI is InChI=1S/C26H28F3N5/c1-15-10-16(30)14-34(13-15)26-18-4-2-7-22(18)32-12-23(26)31-11-17-8-9-21(29)25(33-17)24-19(27)5-3-6-20(24)28/h3,5-6,8-9,12,15-16,31H,2,4,7,10-11,13-14,30H2,1H3. The predicted molar refractivity (Wildman–Crippen MR) is 127 cm³/mol. The second kappa shape index (κ2) is 9.25. The fourth-order valence-corrected chi connectivity index (χ4v) is 5.23. The number of anilines is 2. The number of aryl methyl sites for hydroxylation is 1. The average Bonchev–Trinajstić information content (AvgIpc) is 3.27. The van der Waals surface area contributed by atoms with Gasteiger partial charge in [-0.3, -0.25) is 4.98 Å². The minimum atomic E-state index is -0.850. The number of piperidine rings is 1. The summed E-state index contributed by atoms with van der Waals surface area (Å²) in [5.41, 5.74) is 10.4. The Morgan fingerprint density at radius 3 is 2.62 bits per heavy atom. The van der Waals surface area contributed by atoms with Crippen molar-refractivity contribution in [3.8, 4) is 11.3 Å². The molecule has 2 atom stereocenters. The number of halogens is 3. The third kappa shape index (κ3) is 4.34. The lowest BCUT2D eigenvalue weighted by molar-refractivity contribution is 0.401. The van der Waals surface area contributed by atoms with Gasteiger partial charge in [0.1, 0.15) is 23.1 Å². The van der Waals surface area contributed by atoms with E-state index in [1.807, 2.05) is 6.20 Å². The molecule has 8 heteroatoms. The van der Waals surface area contributed by atoms with Crippen LogP contribution in [-0.4, -0.2) is 29.1 Å². The fourth-order valence-electron chi connectivity index (χ4n) is 5.23. The third-order valence-corrected chi connectivity index (χ3v) is 6.65. The summed E-state index contributed by atoms with van der Waals surface area (Å²) in [6.45, 7) is 4.17. The molecule has 2 unspecified atom stereocenters. The van der Waals surface area contributed by atoms with E-state index in [-0.39, 0.29) is 18.3 Å². The van der Waals surface area contributed by atoms with Crippen molar-refractivity contribution in [2.24, 2.45) is 11.7 Å². The second-order valence-electron chi connectivity index (χ2n) is 9.39. The molecule has 5 rings (SSSR count). The van der Waals surface area contributed by atoms with Gasteiger partial charge in [-0.05, 0) is 61.4 Å². The van der Waals surface area contributed by atoms with Crippen LogP contribution in [0.3, 0.4) is 0 Å².